The van der Waals surface area contributed by atoms with Gasteiger partial charge in [-0.05, 0) is 18.6 Å². The Morgan fingerprint density at radius 2 is 2.06 bits per heavy atom. The van der Waals surface area contributed by atoms with Crippen molar-refractivity contribution in [2.45, 2.75) is 13.3 Å². The highest BCUT2D eigenvalue weighted by atomic mass is 16.5. The highest BCUT2D eigenvalue weighted by molar-refractivity contribution is 6.00. The lowest BCUT2D eigenvalue weighted by molar-refractivity contribution is 0.0602. The molecule has 0 aliphatic rings. The van der Waals surface area contributed by atoms with E-state index >= 15 is 0 Å². The van der Waals surface area contributed by atoms with Gasteiger partial charge in [0.1, 0.15) is 0 Å². The molecule has 0 aromatic heterocycles. The second kappa shape index (κ2) is 7.11. The molecule has 96 valence electrons. The SMILES string of the molecule is CC/C=C/NC(=O)Nc1ccccc1C(=O)OC. The summed E-state index contributed by atoms with van der Waals surface area (Å²) < 4.78 is 4.63. The Labute approximate surface area is 106 Å². The summed E-state index contributed by atoms with van der Waals surface area (Å²) in [4.78, 5) is 23.0. The Bertz CT molecular complexity index is 455. The van der Waals surface area contributed by atoms with Crippen LogP contribution in [-0.2, 0) is 4.74 Å². The molecule has 0 radical (unpaired) electrons. The lowest BCUT2D eigenvalue weighted by atomic mass is 10.2. The number of rotatable bonds is 4. The molecule has 1 aromatic rings. The Morgan fingerprint density at radius 3 is 2.72 bits per heavy atom. The quantitative estimate of drug-likeness (QED) is 0.804. The third-order valence-electron chi connectivity index (χ3n) is 2.15. The number of nitrogens with one attached hydrogen (secondary N) is 2. The smallest absolute Gasteiger partial charge is 0.339 e. The molecule has 18 heavy (non-hydrogen) atoms. The van der Waals surface area contributed by atoms with E-state index < -0.39 is 12.0 Å². The molecule has 0 heterocycles. The van der Waals surface area contributed by atoms with Crippen LogP contribution in [-0.4, -0.2) is 19.1 Å². The first kappa shape index (κ1) is 13.8. The zero-order valence-corrected chi connectivity index (χ0v) is 10.4. The van der Waals surface area contributed by atoms with Crippen LogP contribution in [0.1, 0.15) is 23.7 Å². The van der Waals surface area contributed by atoms with Crippen molar-refractivity contribution in [2.75, 3.05) is 12.4 Å². The third kappa shape index (κ3) is 3.93. The fraction of sp³-hybridized carbons (Fsp3) is 0.231. The summed E-state index contributed by atoms with van der Waals surface area (Å²) in [5.41, 5.74) is 0.723. The highest BCUT2D eigenvalue weighted by Gasteiger charge is 2.12. The number of carbonyl (C=O) groups excluding carboxylic acids is 2. The van der Waals surface area contributed by atoms with Crippen LogP contribution in [0.15, 0.2) is 36.5 Å². The fourth-order valence-electron chi connectivity index (χ4n) is 1.29. The zero-order chi connectivity index (χ0) is 13.4. The molecule has 0 aliphatic heterocycles. The molecule has 0 fully saturated rings. The van der Waals surface area contributed by atoms with E-state index in [2.05, 4.69) is 15.4 Å². The molecule has 0 bridgehead atoms. The molecule has 1 rings (SSSR count). The first-order chi connectivity index (χ1) is 8.69. The number of esters is 1. The van der Waals surface area contributed by atoms with Gasteiger partial charge in [0.2, 0.25) is 0 Å². The first-order valence-corrected chi connectivity index (χ1v) is 5.59. The zero-order valence-electron chi connectivity index (χ0n) is 10.4. The molecule has 0 aliphatic carbocycles. The monoisotopic (exact) mass is 248 g/mol. The lowest BCUT2D eigenvalue weighted by Crippen LogP contribution is -2.25. The van der Waals surface area contributed by atoms with E-state index in [0.717, 1.165) is 6.42 Å². The van der Waals surface area contributed by atoms with Gasteiger partial charge in [-0.2, -0.15) is 0 Å². The maximum Gasteiger partial charge on any atom is 0.339 e. The minimum absolute atomic E-state index is 0.314. The molecule has 0 atom stereocenters. The summed E-state index contributed by atoms with van der Waals surface area (Å²) in [6.45, 7) is 1.96. The number of para-hydroxylation sites is 1. The summed E-state index contributed by atoms with van der Waals surface area (Å²) in [5, 5.41) is 5.12. The minimum Gasteiger partial charge on any atom is -0.465 e. The van der Waals surface area contributed by atoms with Gasteiger partial charge < -0.3 is 15.4 Å². The Hall–Kier alpha value is -2.30. The van der Waals surface area contributed by atoms with Crippen LogP contribution in [0, 0.1) is 0 Å². The molecule has 0 spiro atoms. The number of allylic oxidation sites excluding steroid dienone is 1. The van der Waals surface area contributed by atoms with Gasteiger partial charge in [0.25, 0.3) is 0 Å². The second-order valence-corrected chi connectivity index (χ2v) is 3.45. The van der Waals surface area contributed by atoms with Crippen LogP contribution in [0.25, 0.3) is 0 Å². The van der Waals surface area contributed by atoms with Crippen molar-refractivity contribution >= 4 is 17.7 Å². The number of carbonyl (C=O) groups is 2. The molecule has 5 nitrogen and oxygen atoms in total. The van der Waals surface area contributed by atoms with Crippen molar-refractivity contribution < 1.29 is 14.3 Å². The van der Waals surface area contributed by atoms with Crippen molar-refractivity contribution in [1.82, 2.24) is 5.32 Å². The standard InChI is InChI=1S/C13H16N2O3/c1-3-4-9-14-13(17)15-11-8-6-5-7-10(11)12(16)18-2/h4-9H,3H2,1-2H3,(H2,14,15,17)/b9-4+. The number of ether oxygens (including phenoxy) is 1. The number of benzene rings is 1. The predicted octanol–water partition coefficient (Wildman–Crippen LogP) is 2.52. The van der Waals surface area contributed by atoms with Crippen molar-refractivity contribution in [2.24, 2.45) is 0 Å². The Kier molecular flexibility index (Phi) is 5.44. The average Bonchev–Trinajstić information content (AvgIpc) is 2.39. The van der Waals surface area contributed by atoms with E-state index in [0.29, 0.717) is 11.3 Å². The molecule has 1 aromatic carbocycles. The molecule has 0 unspecified atom stereocenters. The number of amides is 2. The summed E-state index contributed by atoms with van der Waals surface area (Å²) in [6.07, 6.45) is 4.20. The number of methoxy groups -OCH3 is 1. The minimum atomic E-state index is -0.491. The van der Waals surface area contributed by atoms with E-state index in [1.807, 2.05) is 13.0 Å². The van der Waals surface area contributed by atoms with E-state index in [-0.39, 0.29) is 0 Å². The van der Waals surface area contributed by atoms with Crippen LogP contribution >= 0.6 is 0 Å². The summed E-state index contributed by atoms with van der Waals surface area (Å²) in [6, 6.07) is 6.24. The predicted molar refractivity (Wildman–Crippen MR) is 69.4 cm³/mol. The van der Waals surface area contributed by atoms with Crippen LogP contribution in [0.2, 0.25) is 0 Å². The van der Waals surface area contributed by atoms with Crippen LogP contribution in [0.4, 0.5) is 10.5 Å². The third-order valence-corrected chi connectivity index (χ3v) is 2.15. The number of anilines is 1. The normalized spacial score (nSPS) is 10.1. The Morgan fingerprint density at radius 1 is 1.33 bits per heavy atom. The van der Waals surface area contributed by atoms with Gasteiger partial charge in [0, 0.05) is 6.20 Å². The number of hydrogen-bond acceptors (Lipinski definition) is 3. The summed E-state index contributed by atoms with van der Waals surface area (Å²) >= 11 is 0. The van der Waals surface area contributed by atoms with Crippen LogP contribution in [0.5, 0.6) is 0 Å². The molecular weight excluding hydrogens is 232 g/mol. The van der Waals surface area contributed by atoms with Gasteiger partial charge >= 0.3 is 12.0 Å². The molecular formula is C13H16N2O3. The molecule has 0 saturated heterocycles. The maximum absolute atomic E-state index is 11.5. The van der Waals surface area contributed by atoms with Crippen molar-refractivity contribution in [3.05, 3.63) is 42.1 Å². The topological polar surface area (TPSA) is 67.4 Å². The van der Waals surface area contributed by atoms with Crippen molar-refractivity contribution in [3.63, 3.8) is 0 Å². The van der Waals surface area contributed by atoms with Crippen molar-refractivity contribution in [3.8, 4) is 0 Å². The first-order valence-electron chi connectivity index (χ1n) is 5.59. The fourth-order valence-corrected chi connectivity index (χ4v) is 1.29. The number of hydrogen-bond donors (Lipinski definition) is 2. The van der Waals surface area contributed by atoms with E-state index in [9.17, 15) is 9.59 Å². The van der Waals surface area contributed by atoms with Gasteiger partial charge in [-0.3, -0.25) is 0 Å². The van der Waals surface area contributed by atoms with Crippen molar-refractivity contribution in [1.29, 1.82) is 0 Å². The number of urea groups is 1. The Balaban J connectivity index is 2.75. The van der Waals surface area contributed by atoms with Gasteiger partial charge in [0.05, 0.1) is 18.4 Å². The van der Waals surface area contributed by atoms with Crippen LogP contribution in [0.3, 0.4) is 0 Å². The largest absolute Gasteiger partial charge is 0.465 e. The lowest BCUT2D eigenvalue weighted by Gasteiger charge is -2.08. The van der Waals surface area contributed by atoms with Gasteiger partial charge in [-0.15, -0.1) is 0 Å². The van der Waals surface area contributed by atoms with Gasteiger partial charge in [-0.25, -0.2) is 9.59 Å². The average molecular weight is 248 g/mol. The summed E-state index contributed by atoms with van der Waals surface area (Å²) in [7, 11) is 1.29. The molecule has 2 N–H and O–H groups in total. The summed E-state index contributed by atoms with van der Waals surface area (Å²) in [5.74, 6) is -0.491. The van der Waals surface area contributed by atoms with Gasteiger partial charge in [0.15, 0.2) is 0 Å². The van der Waals surface area contributed by atoms with E-state index in [1.165, 1.54) is 7.11 Å². The molecule has 2 amide bonds. The second-order valence-electron chi connectivity index (χ2n) is 3.45. The van der Waals surface area contributed by atoms with E-state index in [4.69, 9.17) is 0 Å². The van der Waals surface area contributed by atoms with Crippen LogP contribution < -0.4 is 10.6 Å². The molecule has 0 saturated carbocycles. The van der Waals surface area contributed by atoms with Gasteiger partial charge in [-0.1, -0.05) is 25.1 Å². The maximum atomic E-state index is 11.5. The van der Waals surface area contributed by atoms with E-state index in [1.54, 1.807) is 30.5 Å². The molecule has 5 heteroatoms. The highest BCUT2D eigenvalue weighted by Crippen LogP contribution is 2.15.